The normalized spacial score (nSPS) is 10.5. The van der Waals surface area contributed by atoms with Crippen LogP contribution >= 0.6 is 0 Å². The van der Waals surface area contributed by atoms with Crippen molar-refractivity contribution in [2.45, 2.75) is 26.3 Å². The number of nitrogens with zero attached hydrogens (tertiary/aromatic N) is 4. The molecule has 2 aromatic heterocycles. The summed E-state index contributed by atoms with van der Waals surface area (Å²) in [4.78, 5) is 8.08. The molecular formula is C11H15N4+. The number of imidazole rings is 1. The molecule has 4 nitrogen and oxygen atoms in total. The van der Waals surface area contributed by atoms with Crippen LogP contribution < -0.4 is 4.57 Å². The van der Waals surface area contributed by atoms with Gasteiger partial charge in [-0.15, -0.1) is 0 Å². The standard InChI is InChI=1S/C11H15N4/c1-2-3-6-14-7-8-15(10-14)11-4-5-12-9-13-11/h4-5,7-10H,2-3,6H2,1H3/q+1. The molecule has 0 N–H and O–H groups in total. The lowest BCUT2D eigenvalue weighted by atomic mass is 10.3. The molecule has 0 aliphatic heterocycles. The van der Waals surface area contributed by atoms with Crippen LogP contribution in [0.15, 0.2) is 37.3 Å². The Hall–Kier alpha value is -1.71. The maximum absolute atomic E-state index is 4.18. The van der Waals surface area contributed by atoms with E-state index < -0.39 is 0 Å². The maximum Gasteiger partial charge on any atom is 0.250 e. The number of hydrogen-bond acceptors (Lipinski definition) is 2. The van der Waals surface area contributed by atoms with Gasteiger partial charge in [0.05, 0.1) is 6.54 Å². The summed E-state index contributed by atoms with van der Waals surface area (Å²) in [6.45, 7) is 3.26. The van der Waals surface area contributed by atoms with Gasteiger partial charge in [-0.25, -0.2) is 9.55 Å². The van der Waals surface area contributed by atoms with Gasteiger partial charge < -0.3 is 0 Å². The number of aromatic nitrogens is 4. The Bertz CT molecular complexity index is 408. The van der Waals surface area contributed by atoms with E-state index in [0.29, 0.717) is 0 Å². The van der Waals surface area contributed by atoms with E-state index in [1.165, 1.54) is 12.8 Å². The van der Waals surface area contributed by atoms with Crippen molar-refractivity contribution in [3.8, 4) is 5.82 Å². The average molecular weight is 203 g/mol. The van der Waals surface area contributed by atoms with Crippen molar-refractivity contribution in [3.05, 3.63) is 37.3 Å². The summed E-state index contributed by atoms with van der Waals surface area (Å²) in [6, 6.07) is 1.89. The Labute approximate surface area is 89.2 Å². The monoisotopic (exact) mass is 203 g/mol. The lowest BCUT2D eigenvalue weighted by Gasteiger charge is -1.93. The van der Waals surface area contributed by atoms with E-state index in [0.717, 1.165) is 12.4 Å². The molecule has 0 spiro atoms. The first kappa shape index (κ1) is 9.83. The van der Waals surface area contributed by atoms with Gasteiger partial charge in [0.15, 0.2) is 0 Å². The molecule has 78 valence electrons. The number of unbranched alkanes of at least 4 members (excludes halogenated alkanes) is 1. The minimum Gasteiger partial charge on any atom is -0.244 e. The summed E-state index contributed by atoms with van der Waals surface area (Å²) in [6.07, 6.45) is 11.9. The second-order valence-corrected chi connectivity index (χ2v) is 3.48. The van der Waals surface area contributed by atoms with Gasteiger partial charge in [0.25, 0.3) is 0 Å². The molecule has 2 heterocycles. The lowest BCUT2D eigenvalue weighted by Crippen LogP contribution is -2.30. The van der Waals surface area contributed by atoms with E-state index in [1.807, 2.05) is 16.8 Å². The summed E-state index contributed by atoms with van der Waals surface area (Å²) in [7, 11) is 0. The summed E-state index contributed by atoms with van der Waals surface area (Å²) in [5.74, 6) is 0.903. The number of rotatable bonds is 4. The third-order valence-corrected chi connectivity index (χ3v) is 2.29. The van der Waals surface area contributed by atoms with Crippen LogP contribution in [0.5, 0.6) is 0 Å². The molecular weight excluding hydrogens is 188 g/mol. The van der Waals surface area contributed by atoms with Gasteiger partial charge in [0.2, 0.25) is 12.1 Å². The molecule has 0 aliphatic rings. The number of hydrogen-bond donors (Lipinski definition) is 0. The Morgan fingerprint density at radius 1 is 1.47 bits per heavy atom. The molecule has 15 heavy (non-hydrogen) atoms. The molecule has 4 heteroatoms. The first-order chi connectivity index (χ1) is 7.40. The van der Waals surface area contributed by atoms with Crippen molar-refractivity contribution in [1.82, 2.24) is 14.5 Å². The van der Waals surface area contributed by atoms with Gasteiger partial charge in [0, 0.05) is 12.3 Å². The van der Waals surface area contributed by atoms with E-state index in [1.54, 1.807) is 12.5 Å². The first-order valence-electron chi connectivity index (χ1n) is 5.23. The molecule has 0 amide bonds. The van der Waals surface area contributed by atoms with Crippen molar-refractivity contribution in [2.24, 2.45) is 0 Å². The van der Waals surface area contributed by atoms with Gasteiger partial charge in [0.1, 0.15) is 18.7 Å². The minimum absolute atomic E-state index is 0.903. The third kappa shape index (κ3) is 2.40. The van der Waals surface area contributed by atoms with Gasteiger partial charge in [-0.2, -0.15) is 9.55 Å². The van der Waals surface area contributed by atoms with Crippen molar-refractivity contribution >= 4 is 0 Å². The van der Waals surface area contributed by atoms with Crippen molar-refractivity contribution < 1.29 is 4.57 Å². The highest BCUT2D eigenvalue weighted by Crippen LogP contribution is 1.99. The largest absolute Gasteiger partial charge is 0.250 e. The SMILES string of the molecule is CCCC[n+]1ccn(-c2ccncn2)c1. The zero-order valence-electron chi connectivity index (χ0n) is 8.87. The van der Waals surface area contributed by atoms with Crippen LogP contribution in [0.3, 0.4) is 0 Å². The molecule has 0 saturated carbocycles. The highest BCUT2D eigenvalue weighted by Gasteiger charge is 2.05. The minimum atomic E-state index is 0.903. The molecule has 0 aliphatic carbocycles. The van der Waals surface area contributed by atoms with E-state index >= 15 is 0 Å². The van der Waals surface area contributed by atoms with Crippen LogP contribution in [0.25, 0.3) is 5.82 Å². The Morgan fingerprint density at radius 2 is 2.40 bits per heavy atom. The maximum atomic E-state index is 4.18. The van der Waals surface area contributed by atoms with Crippen molar-refractivity contribution in [1.29, 1.82) is 0 Å². The molecule has 0 saturated heterocycles. The molecule has 2 rings (SSSR count). The summed E-state index contributed by atoms with van der Waals surface area (Å²) < 4.78 is 4.17. The van der Waals surface area contributed by atoms with Crippen LogP contribution in [0.2, 0.25) is 0 Å². The van der Waals surface area contributed by atoms with E-state index in [-0.39, 0.29) is 0 Å². The molecule has 0 radical (unpaired) electrons. The van der Waals surface area contributed by atoms with Gasteiger partial charge in [-0.3, -0.25) is 0 Å². The van der Waals surface area contributed by atoms with E-state index in [9.17, 15) is 0 Å². The van der Waals surface area contributed by atoms with Gasteiger partial charge in [-0.1, -0.05) is 13.3 Å². The fraction of sp³-hybridized carbons (Fsp3) is 0.364. The fourth-order valence-electron chi connectivity index (χ4n) is 1.44. The van der Waals surface area contributed by atoms with Crippen LogP contribution in [0.1, 0.15) is 19.8 Å². The highest BCUT2D eigenvalue weighted by atomic mass is 15.2. The first-order valence-corrected chi connectivity index (χ1v) is 5.23. The second-order valence-electron chi connectivity index (χ2n) is 3.48. The van der Waals surface area contributed by atoms with Gasteiger partial charge in [-0.05, 0) is 6.42 Å². The molecule has 0 aromatic carbocycles. The quantitative estimate of drug-likeness (QED) is 0.703. The average Bonchev–Trinajstić information content (AvgIpc) is 2.76. The predicted octanol–water partition coefficient (Wildman–Crippen LogP) is 1.35. The molecule has 0 unspecified atom stereocenters. The second kappa shape index (κ2) is 4.68. The molecule has 0 bridgehead atoms. The van der Waals surface area contributed by atoms with Crippen LogP contribution in [-0.2, 0) is 6.54 Å². The zero-order valence-corrected chi connectivity index (χ0v) is 8.87. The van der Waals surface area contributed by atoms with Crippen LogP contribution in [0.4, 0.5) is 0 Å². The topological polar surface area (TPSA) is 34.6 Å². The Balaban J connectivity index is 2.14. The molecule has 2 aromatic rings. The van der Waals surface area contributed by atoms with Gasteiger partial charge >= 0.3 is 0 Å². The fourth-order valence-corrected chi connectivity index (χ4v) is 1.44. The smallest absolute Gasteiger partial charge is 0.244 e. The highest BCUT2D eigenvalue weighted by molar-refractivity contribution is 5.17. The van der Waals surface area contributed by atoms with E-state index in [2.05, 4.69) is 34.0 Å². The molecule has 0 fully saturated rings. The predicted molar refractivity (Wildman–Crippen MR) is 56.5 cm³/mol. The molecule has 0 atom stereocenters. The summed E-state index contributed by atoms with van der Waals surface area (Å²) in [5.41, 5.74) is 0. The Kier molecular flexibility index (Phi) is 3.07. The van der Waals surface area contributed by atoms with Crippen molar-refractivity contribution in [3.63, 3.8) is 0 Å². The number of aryl methyl sites for hydroxylation is 1. The zero-order chi connectivity index (χ0) is 10.5. The van der Waals surface area contributed by atoms with Crippen molar-refractivity contribution in [2.75, 3.05) is 0 Å². The van der Waals surface area contributed by atoms with Crippen LogP contribution in [-0.4, -0.2) is 14.5 Å². The van der Waals surface area contributed by atoms with Crippen LogP contribution in [0, 0.1) is 0 Å². The third-order valence-electron chi connectivity index (χ3n) is 2.29. The summed E-state index contributed by atoms with van der Waals surface area (Å²) in [5, 5.41) is 0. The lowest BCUT2D eigenvalue weighted by molar-refractivity contribution is -0.696. The summed E-state index contributed by atoms with van der Waals surface area (Å²) >= 11 is 0. The Morgan fingerprint density at radius 3 is 3.13 bits per heavy atom. The van der Waals surface area contributed by atoms with E-state index in [4.69, 9.17) is 0 Å².